The molecule has 1 aromatic rings. The quantitative estimate of drug-likeness (QED) is 0.900. The molecular weight excluding hydrogens is 248 g/mol. The van der Waals surface area contributed by atoms with E-state index >= 15 is 0 Å². The molecule has 1 fully saturated rings. The summed E-state index contributed by atoms with van der Waals surface area (Å²) in [6.45, 7) is 5.20. The smallest absolute Gasteiger partial charge is 0.144 e. The van der Waals surface area contributed by atoms with E-state index < -0.39 is 0 Å². The van der Waals surface area contributed by atoms with Gasteiger partial charge in [-0.15, -0.1) is 0 Å². The number of pyridine rings is 1. The molecule has 100 valence electrons. The Hall–Kier alpha value is -0.800. The van der Waals surface area contributed by atoms with Crippen LogP contribution in [0.4, 0.5) is 5.82 Å². The van der Waals surface area contributed by atoms with Gasteiger partial charge < -0.3 is 10.1 Å². The maximum absolute atomic E-state index is 6.13. The Kier molecular flexibility index (Phi) is 4.46. The Morgan fingerprint density at radius 1 is 1.50 bits per heavy atom. The molecule has 1 aliphatic heterocycles. The van der Waals surface area contributed by atoms with Crippen LogP contribution in [0.5, 0.6) is 0 Å². The van der Waals surface area contributed by atoms with Gasteiger partial charge in [0, 0.05) is 18.8 Å². The van der Waals surface area contributed by atoms with E-state index in [0.717, 1.165) is 38.1 Å². The van der Waals surface area contributed by atoms with E-state index in [1.807, 2.05) is 12.1 Å². The molecule has 1 atom stereocenters. The Morgan fingerprint density at radius 2 is 2.28 bits per heavy atom. The first-order valence-electron chi connectivity index (χ1n) is 6.70. The predicted octanol–water partition coefficient (Wildman–Crippen LogP) is 3.88. The largest absolute Gasteiger partial charge is 0.375 e. The molecule has 1 saturated heterocycles. The SMILES string of the molecule is CCC1(CC)CC(Nc2ncccc2Cl)CCO1. The van der Waals surface area contributed by atoms with E-state index in [9.17, 15) is 0 Å². The second kappa shape index (κ2) is 5.89. The van der Waals surface area contributed by atoms with Crippen LogP contribution in [0.25, 0.3) is 0 Å². The Balaban J connectivity index is 2.04. The fourth-order valence-corrected chi connectivity index (χ4v) is 2.76. The van der Waals surface area contributed by atoms with Gasteiger partial charge in [0.1, 0.15) is 5.82 Å². The zero-order valence-corrected chi connectivity index (χ0v) is 11.8. The van der Waals surface area contributed by atoms with Gasteiger partial charge in [-0.1, -0.05) is 25.4 Å². The number of rotatable bonds is 4. The molecule has 1 aliphatic rings. The highest BCUT2D eigenvalue weighted by Crippen LogP contribution is 2.33. The minimum atomic E-state index is 0.0250. The third kappa shape index (κ3) is 2.96. The monoisotopic (exact) mass is 268 g/mol. The fourth-order valence-electron chi connectivity index (χ4n) is 2.58. The highest BCUT2D eigenvalue weighted by Gasteiger charge is 2.34. The summed E-state index contributed by atoms with van der Waals surface area (Å²) >= 11 is 6.13. The lowest BCUT2D eigenvalue weighted by Gasteiger charge is -2.40. The molecule has 1 aromatic heterocycles. The van der Waals surface area contributed by atoms with E-state index in [1.165, 1.54) is 0 Å². The number of hydrogen-bond donors (Lipinski definition) is 1. The topological polar surface area (TPSA) is 34.2 Å². The molecule has 18 heavy (non-hydrogen) atoms. The van der Waals surface area contributed by atoms with Crippen LogP contribution in [0.2, 0.25) is 5.02 Å². The van der Waals surface area contributed by atoms with Crippen molar-refractivity contribution in [1.29, 1.82) is 0 Å². The van der Waals surface area contributed by atoms with Gasteiger partial charge >= 0.3 is 0 Å². The van der Waals surface area contributed by atoms with Crippen molar-refractivity contribution in [2.24, 2.45) is 0 Å². The van der Waals surface area contributed by atoms with Crippen LogP contribution < -0.4 is 5.32 Å². The molecule has 0 aromatic carbocycles. The lowest BCUT2D eigenvalue weighted by atomic mass is 9.86. The lowest BCUT2D eigenvalue weighted by Crippen LogP contribution is -2.43. The molecule has 2 rings (SSSR count). The van der Waals surface area contributed by atoms with Crippen LogP contribution in [0.3, 0.4) is 0 Å². The number of anilines is 1. The standard InChI is InChI=1S/C14H21ClN2O/c1-3-14(4-2)10-11(7-9-18-14)17-13-12(15)6-5-8-16-13/h5-6,8,11H,3-4,7,9-10H2,1-2H3,(H,16,17). The lowest BCUT2D eigenvalue weighted by molar-refractivity contribution is -0.0864. The summed E-state index contributed by atoms with van der Waals surface area (Å²) in [5.41, 5.74) is 0.0250. The average molecular weight is 269 g/mol. The van der Waals surface area contributed by atoms with Crippen molar-refractivity contribution in [1.82, 2.24) is 4.98 Å². The van der Waals surface area contributed by atoms with Gasteiger partial charge in [0.15, 0.2) is 0 Å². The number of nitrogens with zero attached hydrogens (tertiary/aromatic N) is 1. The van der Waals surface area contributed by atoms with E-state index in [2.05, 4.69) is 24.1 Å². The first kappa shape index (κ1) is 13.6. The number of hydrogen-bond acceptors (Lipinski definition) is 3. The van der Waals surface area contributed by atoms with Gasteiger partial charge in [-0.25, -0.2) is 4.98 Å². The van der Waals surface area contributed by atoms with Crippen LogP contribution in [-0.2, 0) is 4.74 Å². The van der Waals surface area contributed by atoms with Crippen LogP contribution in [0.1, 0.15) is 39.5 Å². The molecule has 4 heteroatoms. The Morgan fingerprint density at radius 3 is 2.94 bits per heavy atom. The van der Waals surface area contributed by atoms with Crippen LogP contribution in [-0.4, -0.2) is 23.2 Å². The number of ether oxygens (including phenoxy) is 1. The zero-order valence-electron chi connectivity index (χ0n) is 11.1. The summed E-state index contributed by atoms with van der Waals surface area (Å²) < 4.78 is 5.97. The van der Waals surface area contributed by atoms with Crippen molar-refractivity contribution < 1.29 is 4.74 Å². The number of halogens is 1. The summed E-state index contributed by atoms with van der Waals surface area (Å²) in [6.07, 6.45) is 5.90. The third-order valence-corrected chi connectivity index (χ3v) is 4.19. The average Bonchev–Trinajstić information content (AvgIpc) is 2.41. The highest BCUT2D eigenvalue weighted by atomic mass is 35.5. The van der Waals surface area contributed by atoms with Gasteiger partial charge in [0.2, 0.25) is 0 Å². The van der Waals surface area contributed by atoms with Crippen molar-refractivity contribution in [2.75, 3.05) is 11.9 Å². The van der Waals surface area contributed by atoms with Crippen LogP contribution in [0.15, 0.2) is 18.3 Å². The molecule has 0 amide bonds. The predicted molar refractivity (Wildman–Crippen MR) is 75.2 cm³/mol. The minimum Gasteiger partial charge on any atom is -0.375 e. The normalized spacial score (nSPS) is 22.7. The summed E-state index contributed by atoms with van der Waals surface area (Å²) in [4.78, 5) is 4.29. The summed E-state index contributed by atoms with van der Waals surface area (Å²) in [6, 6.07) is 4.11. The van der Waals surface area contributed by atoms with Crippen molar-refractivity contribution in [2.45, 2.75) is 51.2 Å². The first-order chi connectivity index (χ1) is 8.69. The second-order valence-corrected chi connectivity index (χ2v) is 5.31. The second-order valence-electron chi connectivity index (χ2n) is 4.91. The van der Waals surface area contributed by atoms with Crippen LogP contribution >= 0.6 is 11.6 Å². The molecule has 1 unspecified atom stereocenters. The maximum Gasteiger partial charge on any atom is 0.144 e. The fraction of sp³-hybridized carbons (Fsp3) is 0.643. The van der Waals surface area contributed by atoms with Gasteiger partial charge in [-0.2, -0.15) is 0 Å². The number of aromatic nitrogens is 1. The molecule has 0 aliphatic carbocycles. The highest BCUT2D eigenvalue weighted by molar-refractivity contribution is 6.32. The van der Waals surface area contributed by atoms with Gasteiger partial charge in [0.25, 0.3) is 0 Å². The van der Waals surface area contributed by atoms with E-state index in [4.69, 9.17) is 16.3 Å². The Bertz CT molecular complexity index is 393. The van der Waals surface area contributed by atoms with Gasteiger partial charge in [0.05, 0.1) is 10.6 Å². The van der Waals surface area contributed by atoms with E-state index in [0.29, 0.717) is 11.1 Å². The first-order valence-corrected chi connectivity index (χ1v) is 7.08. The van der Waals surface area contributed by atoms with Gasteiger partial charge in [-0.3, -0.25) is 0 Å². The van der Waals surface area contributed by atoms with Crippen LogP contribution in [0, 0.1) is 0 Å². The van der Waals surface area contributed by atoms with E-state index in [-0.39, 0.29) is 5.60 Å². The molecule has 0 spiro atoms. The van der Waals surface area contributed by atoms with Crippen molar-refractivity contribution >= 4 is 17.4 Å². The number of nitrogens with one attached hydrogen (secondary N) is 1. The van der Waals surface area contributed by atoms with Crippen molar-refractivity contribution in [3.8, 4) is 0 Å². The molecule has 0 saturated carbocycles. The van der Waals surface area contributed by atoms with Crippen molar-refractivity contribution in [3.05, 3.63) is 23.4 Å². The summed E-state index contributed by atoms with van der Waals surface area (Å²) in [5.74, 6) is 0.784. The van der Waals surface area contributed by atoms with Gasteiger partial charge in [-0.05, 0) is 37.8 Å². The maximum atomic E-state index is 6.13. The van der Waals surface area contributed by atoms with Crippen molar-refractivity contribution in [3.63, 3.8) is 0 Å². The molecule has 2 heterocycles. The molecule has 3 nitrogen and oxygen atoms in total. The zero-order chi connectivity index (χ0) is 13.0. The summed E-state index contributed by atoms with van der Waals surface area (Å²) in [7, 11) is 0. The third-order valence-electron chi connectivity index (χ3n) is 3.88. The minimum absolute atomic E-state index is 0.0250. The van der Waals surface area contributed by atoms with E-state index in [1.54, 1.807) is 6.20 Å². The molecule has 0 bridgehead atoms. The Labute approximate surface area is 114 Å². The molecular formula is C14H21ClN2O. The molecule has 0 radical (unpaired) electrons. The molecule has 1 N–H and O–H groups in total. The summed E-state index contributed by atoms with van der Waals surface area (Å²) in [5, 5.41) is 4.13.